The van der Waals surface area contributed by atoms with Crippen LogP contribution in [0.4, 0.5) is 0 Å². The molecule has 0 bridgehead atoms. The van der Waals surface area contributed by atoms with Crippen molar-refractivity contribution in [3.05, 3.63) is 20.9 Å². The number of thiol groups is 1. The first-order valence-electron chi connectivity index (χ1n) is 14.7. The Morgan fingerprint density at radius 3 is 1.91 bits per heavy atom. The maximum absolute atomic E-state index is 12.9. The molecule has 0 aliphatic heterocycles. The molecule has 0 aromatic carbocycles. The van der Waals surface area contributed by atoms with Gasteiger partial charge in [0, 0.05) is 35.2 Å². The van der Waals surface area contributed by atoms with Crippen LogP contribution in [0.25, 0.3) is 20.9 Å². The molecule has 3 atom stereocenters. The third kappa shape index (κ3) is 23.6. The van der Waals surface area contributed by atoms with Gasteiger partial charge in [0.25, 0.3) is 0 Å². The lowest BCUT2D eigenvalue weighted by atomic mass is 10.1. The highest BCUT2D eigenvalue weighted by Crippen LogP contribution is 2.06. The molecule has 5 amide bonds. The van der Waals surface area contributed by atoms with Gasteiger partial charge < -0.3 is 46.9 Å². The second-order valence-electron chi connectivity index (χ2n) is 9.72. The summed E-state index contributed by atoms with van der Waals surface area (Å²) in [5.41, 5.74) is 22.3. The number of unbranched alkanes of at least 4 members (excludes halogenated alkanes) is 2. The van der Waals surface area contributed by atoms with Crippen molar-refractivity contribution in [2.75, 3.05) is 64.9 Å². The SMILES string of the molecule is [N-]=[N+]=NCCCC[C@H](NC(=O)[C@H](CCCCN=[N+]=[N-])NC(=O)CNC(=O)CNC(=O)COCCOCCNC(=O)[C@@H](N)CS)C(=O)O. The first-order valence-corrected chi connectivity index (χ1v) is 15.4. The zero-order valence-electron chi connectivity index (χ0n) is 26.0. The molecule has 0 fully saturated rings. The Morgan fingerprint density at radius 1 is 0.745 bits per heavy atom. The van der Waals surface area contributed by atoms with Crippen LogP contribution in [-0.2, 0) is 38.2 Å². The topological polar surface area (TPSA) is 325 Å². The fraction of sp³-hybridized carbons (Fsp3) is 0.760. The molecule has 0 aliphatic carbocycles. The first kappa shape index (κ1) is 42.7. The summed E-state index contributed by atoms with van der Waals surface area (Å²) < 4.78 is 10.4. The first-order chi connectivity index (χ1) is 22.5. The summed E-state index contributed by atoms with van der Waals surface area (Å²) in [7, 11) is 0. The van der Waals surface area contributed by atoms with Gasteiger partial charge in [-0.15, -0.1) is 0 Å². The quantitative estimate of drug-likeness (QED) is 0.0157. The molecule has 22 heteroatoms. The van der Waals surface area contributed by atoms with Crippen molar-refractivity contribution in [3.63, 3.8) is 0 Å². The molecule has 0 spiro atoms. The van der Waals surface area contributed by atoms with Crippen LogP contribution in [0.15, 0.2) is 10.2 Å². The van der Waals surface area contributed by atoms with Crippen molar-refractivity contribution in [2.24, 2.45) is 16.0 Å². The van der Waals surface area contributed by atoms with Crippen LogP contribution >= 0.6 is 12.6 Å². The van der Waals surface area contributed by atoms with Crippen LogP contribution in [0.5, 0.6) is 0 Å². The number of amides is 5. The number of nitrogens with one attached hydrogen (secondary N) is 5. The van der Waals surface area contributed by atoms with Crippen LogP contribution < -0.4 is 32.3 Å². The summed E-state index contributed by atoms with van der Waals surface area (Å²) in [6, 6.07) is -3.10. The molecule has 0 heterocycles. The summed E-state index contributed by atoms with van der Waals surface area (Å²) in [6.45, 7) is -0.318. The van der Waals surface area contributed by atoms with E-state index < -0.39 is 60.8 Å². The molecule has 21 nitrogen and oxygen atoms in total. The van der Waals surface area contributed by atoms with Gasteiger partial charge in [-0.3, -0.25) is 24.0 Å². The lowest BCUT2D eigenvalue weighted by molar-refractivity contribution is -0.142. The fourth-order valence-corrected chi connectivity index (χ4v) is 3.68. The van der Waals surface area contributed by atoms with Crippen LogP contribution in [0.1, 0.15) is 38.5 Å². The number of carboxylic acids is 1. The number of carboxylic acid groups (broad SMARTS) is 1. The molecule has 47 heavy (non-hydrogen) atoms. The molecule has 0 aliphatic rings. The zero-order chi connectivity index (χ0) is 35.3. The lowest BCUT2D eigenvalue weighted by Crippen LogP contribution is -2.53. The van der Waals surface area contributed by atoms with Gasteiger partial charge in [0.2, 0.25) is 29.5 Å². The normalized spacial score (nSPS) is 12.2. The second-order valence-corrected chi connectivity index (χ2v) is 10.1. The standard InChI is InChI=1S/C25H44N12O9S/c26-17(16-47)23(41)29-9-10-45-11-12-46-15-22(40)31-13-20(38)30-14-21(39)34-18(5-1-3-7-32-36-27)24(42)35-19(25(43)44)6-2-4-8-33-37-28/h17-19,47H,1-16,26H2,(H,29,41)(H,30,38)(H,31,40)(H,34,39)(H,35,42)(H,43,44)/t17-,18-,19-/m0/s1. The average Bonchev–Trinajstić information content (AvgIpc) is 3.05. The molecule has 264 valence electrons. The number of ether oxygens (including phenoxy) is 2. The van der Waals surface area contributed by atoms with E-state index in [1.54, 1.807) is 0 Å². The van der Waals surface area contributed by atoms with Gasteiger partial charge in [-0.25, -0.2) is 4.79 Å². The van der Waals surface area contributed by atoms with Gasteiger partial charge in [0.1, 0.15) is 18.7 Å². The summed E-state index contributed by atoms with van der Waals surface area (Å²) in [5.74, 6) is -4.20. The lowest BCUT2D eigenvalue weighted by Gasteiger charge is -2.21. The molecular weight excluding hydrogens is 644 g/mol. The number of hydrogen-bond donors (Lipinski definition) is 8. The smallest absolute Gasteiger partial charge is 0.326 e. The minimum Gasteiger partial charge on any atom is -0.480 e. The summed E-state index contributed by atoms with van der Waals surface area (Å²) in [6.07, 6.45) is 1.70. The Kier molecular flexibility index (Phi) is 25.4. The van der Waals surface area contributed by atoms with Crippen LogP contribution in [0.3, 0.4) is 0 Å². The van der Waals surface area contributed by atoms with Gasteiger partial charge in [-0.2, -0.15) is 12.6 Å². The van der Waals surface area contributed by atoms with E-state index in [0.29, 0.717) is 25.7 Å². The number of carbonyl (C=O) groups is 6. The van der Waals surface area contributed by atoms with Crippen molar-refractivity contribution in [1.29, 1.82) is 0 Å². The highest BCUT2D eigenvalue weighted by atomic mass is 32.1. The molecular formula is C25H44N12O9S. The van der Waals surface area contributed by atoms with Crippen LogP contribution in [-0.4, -0.2) is 124 Å². The number of azide groups is 2. The largest absolute Gasteiger partial charge is 0.480 e. The highest BCUT2D eigenvalue weighted by molar-refractivity contribution is 7.80. The Morgan fingerprint density at radius 2 is 1.32 bits per heavy atom. The maximum Gasteiger partial charge on any atom is 0.326 e. The van der Waals surface area contributed by atoms with Gasteiger partial charge in [0.05, 0.1) is 39.0 Å². The van der Waals surface area contributed by atoms with Gasteiger partial charge in [0.15, 0.2) is 0 Å². The third-order valence-electron chi connectivity index (χ3n) is 5.97. The third-order valence-corrected chi connectivity index (χ3v) is 6.36. The van der Waals surface area contributed by atoms with Crippen molar-refractivity contribution in [2.45, 2.75) is 56.7 Å². The second kappa shape index (κ2) is 27.9. The molecule has 0 saturated carbocycles. The summed E-state index contributed by atoms with van der Waals surface area (Å²) in [5, 5.41) is 28.3. The van der Waals surface area contributed by atoms with Gasteiger partial charge >= 0.3 is 5.97 Å². The molecule has 0 radical (unpaired) electrons. The van der Waals surface area contributed by atoms with E-state index >= 15 is 0 Å². The van der Waals surface area contributed by atoms with Crippen molar-refractivity contribution >= 4 is 48.1 Å². The Hall–Kier alpha value is -4.33. The number of carbonyl (C=O) groups excluding carboxylic acids is 5. The zero-order valence-corrected chi connectivity index (χ0v) is 26.9. The summed E-state index contributed by atoms with van der Waals surface area (Å²) in [4.78, 5) is 77.8. The monoisotopic (exact) mass is 688 g/mol. The Balaban J connectivity index is 4.55. The Labute approximate surface area is 276 Å². The van der Waals surface area contributed by atoms with Crippen molar-refractivity contribution in [3.8, 4) is 0 Å². The molecule has 8 N–H and O–H groups in total. The molecule has 0 aromatic rings. The van der Waals surface area contributed by atoms with E-state index in [-0.39, 0.29) is 70.6 Å². The molecule has 0 saturated heterocycles. The minimum absolute atomic E-state index is 0.0637. The average molecular weight is 689 g/mol. The van der Waals surface area contributed by atoms with E-state index in [2.05, 4.69) is 59.3 Å². The summed E-state index contributed by atoms with van der Waals surface area (Å²) >= 11 is 3.93. The van der Waals surface area contributed by atoms with Crippen LogP contribution in [0, 0.1) is 0 Å². The van der Waals surface area contributed by atoms with Crippen LogP contribution in [0.2, 0.25) is 0 Å². The van der Waals surface area contributed by atoms with Gasteiger partial charge in [-0.1, -0.05) is 23.1 Å². The number of nitrogens with zero attached hydrogens (tertiary/aromatic N) is 6. The molecule has 0 unspecified atom stereocenters. The number of hydrogen-bond acceptors (Lipinski definition) is 12. The van der Waals surface area contributed by atoms with E-state index in [0.717, 1.165) is 0 Å². The van der Waals surface area contributed by atoms with Crippen molar-refractivity contribution in [1.82, 2.24) is 26.6 Å². The predicted octanol–water partition coefficient (Wildman–Crippen LogP) is -1.36. The number of aliphatic carboxylic acids is 1. The minimum atomic E-state index is -1.28. The van der Waals surface area contributed by atoms with Gasteiger partial charge in [-0.05, 0) is 36.7 Å². The van der Waals surface area contributed by atoms with E-state index in [1.807, 2.05) is 0 Å². The predicted molar refractivity (Wildman–Crippen MR) is 170 cm³/mol. The van der Waals surface area contributed by atoms with E-state index in [9.17, 15) is 33.9 Å². The number of rotatable bonds is 28. The Bertz CT molecular complexity index is 1100. The number of nitrogens with two attached hydrogens (primary N) is 1. The highest BCUT2D eigenvalue weighted by Gasteiger charge is 2.26. The molecule has 0 aromatic heterocycles. The van der Waals surface area contributed by atoms with Crippen molar-refractivity contribution < 1.29 is 43.3 Å². The van der Waals surface area contributed by atoms with E-state index in [4.69, 9.17) is 26.3 Å². The van der Waals surface area contributed by atoms with E-state index in [1.165, 1.54) is 0 Å². The fourth-order valence-electron chi connectivity index (χ4n) is 3.51. The maximum atomic E-state index is 12.9. The molecule has 0 rings (SSSR count).